The molecular weight excluding hydrogens is 222 g/mol. The normalized spacial score (nSPS) is 11.3. The van der Waals surface area contributed by atoms with Crippen molar-refractivity contribution < 1.29 is 14.3 Å². The van der Waals surface area contributed by atoms with E-state index in [0.717, 1.165) is 5.69 Å². The van der Waals surface area contributed by atoms with E-state index in [-0.39, 0.29) is 18.7 Å². The number of rotatable bonds is 5. The van der Waals surface area contributed by atoms with Gasteiger partial charge in [0.15, 0.2) is 0 Å². The third-order valence-electron chi connectivity index (χ3n) is 2.06. The van der Waals surface area contributed by atoms with Gasteiger partial charge in [-0.15, -0.1) is 6.42 Å². The Balaban J connectivity index is 2.64. The van der Waals surface area contributed by atoms with Crippen LogP contribution in [-0.4, -0.2) is 35.0 Å². The summed E-state index contributed by atoms with van der Waals surface area (Å²) >= 11 is 0. The van der Waals surface area contributed by atoms with Crippen molar-refractivity contribution in [2.45, 2.75) is 18.9 Å². The largest absolute Gasteiger partial charge is 0.467 e. The zero-order chi connectivity index (χ0) is 12.7. The van der Waals surface area contributed by atoms with Crippen molar-refractivity contribution in [2.24, 2.45) is 0 Å². The molecule has 2 N–H and O–H groups in total. The van der Waals surface area contributed by atoms with Crippen LogP contribution in [0.3, 0.4) is 0 Å². The number of imidazole rings is 1. The minimum atomic E-state index is -0.763. The van der Waals surface area contributed by atoms with Crippen LogP contribution in [0.4, 0.5) is 0 Å². The van der Waals surface area contributed by atoms with Crippen LogP contribution in [-0.2, 0) is 20.7 Å². The lowest BCUT2D eigenvalue weighted by atomic mass is 10.1. The van der Waals surface area contributed by atoms with Crippen LogP contribution in [0, 0.1) is 12.3 Å². The number of methoxy groups -OCH3 is 1. The molecule has 1 aromatic rings. The lowest BCUT2D eigenvalue weighted by Gasteiger charge is -2.14. The molecule has 0 radical (unpaired) electrons. The van der Waals surface area contributed by atoms with Gasteiger partial charge < -0.3 is 15.0 Å². The number of esters is 1. The Morgan fingerprint density at radius 2 is 2.47 bits per heavy atom. The maximum Gasteiger partial charge on any atom is 0.328 e. The van der Waals surface area contributed by atoms with E-state index in [9.17, 15) is 9.59 Å². The predicted molar refractivity (Wildman–Crippen MR) is 59.7 cm³/mol. The number of aromatic amines is 1. The average Bonchev–Trinajstić information content (AvgIpc) is 2.80. The summed E-state index contributed by atoms with van der Waals surface area (Å²) in [6.07, 6.45) is 8.28. The number of carbonyl (C=O) groups is 2. The number of nitrogens with one attached hydrogen (secondary N) is 2. The van der Waals surface area contributed by atoms with Gasteiger partial charge in [0.1, 0.15) is 6.04 Å². The Hall–Kier alpha value is -2.29. The fraction of sp³-hybridized carbons (Fsp3) is 0.364. The number of aromatic nitrogens is 2. The molecule has 0 aliphatic rings. The molecule has 0 saturated carbocycles. The standard InChI is InChI=1S/C11H13N3O3/c1-3-4-10(15)14-9(11(16)17-2)5-8-6-12-7-13-8/h1,6-7,9H,4-5H2,2H3,(H,12,13)(H,14,15)/t9-/m0/s1. The number of hydrogen-bond donors (Lipinski definition) is 2. The van der Waals surface area contributed by atoms with Gasteiger partial charge in [-0.3, -0.25) is 4.79 Å². The van der Waals surface area contributed by atoms with Gasteiger partial charge in [0.05, 0.1) is 19.9 Å². The van der Waals surface area contributed by atoms with Gasteiger partial charge in [-0.25, -0.2) is 9.78 Å². The highest BCUT2D eigenvalue weighted by atomic mass is 16.5. The molecule has 0 fully saturated rings. The number of H-pyrrole nitrogens is 1. The molecule has 0 saturated heterocycles. The second kappa shape index (κ2) is 6.33. The SMILES string of the molecule is C#CCC(=O)N[C@@H](Cc1cnc[nH]1)C(=O)OC. The molecule has 1 rings (SSSR count). The van der Waals surface area contributed by atoms with E-state index in [0.29, 0.717) is 0 Å². The Morgan fingerprint density at radius 1 is 1.71 bits per heavy atom. The van der Waals surface area contributed by atoms with Crippen LogP contribution >= 0.6 is 0 Å². The molecule has 6 nitrogen and oxygen atoms in total. The molecule has 1 atom stereocenters. The third kappa shape index (κ3) is 3.99. The number of ether oxygens (including phenoxy) is 1. The van der Waals surface area contributed by atoms with E-state index in [1.165, 1.54) is 13.4 Å². The lowest BCUT2D eigenvalue weighted by molar-refractivity contribution is -0.144. The summed E-state index contributed by atoms with van der Waals surface area (Å²) in [5.74, 6) is 1.29. The number of nitrogens with zero attached hydrogens (tertiary/aromatic N) is 1. The molecule has 0 aliphatic carbocycles. The van der Waals surface area contributed by atoms with Gasteiger partial charge in [-0.05, 0) is 0 Å². The van der Waals surface area contributed by atoms with E-state index in [1.807, 2.05) is 0 Å². The van der Waals surface area contributed by atoms with Crippen molar-refractivity contribution in [3.8, 4) is 12.3 Å². The van der Waals surface area contributed by atoms with Crippen LogP contribution in [0.5, 0.6) is 0 Å². The quantitative estimate of drug-likeness (QED) is 0.539. The number of carbonyl (C=O) groups excluding carboxylic acids is 2. The van der Waals surface area contributed by atoms with Gasteiger partial charge in [-0.2, -0.15) is 0 Å². The van der Waals surface area contributed by atoms with Crippen LogP contribution in [0.15, 0.2) is 12.5 Å². The summed E-state index contributed by atoms with van der Waals surface area (Å²) in [7, 11) is 1.26. The van der Waals surface area contributed by atoms with E-state index >= 15 is 0 Å². The molecule has 17 heavy (non-hydrogen) atoms. The summed E-state index contributed by atoms with van der Waals surface area (Å²) < 4.78 is 4.60. The summed E-state index contributed by atoms with van der Waals surface area (Å²) in [6.45, 7) is 0. The molecule has 1 amide bonds. The molecule has 1 aromatic heterocycles. The second-order valence-electron chi connectivity index (χ2n) is 3.31. The van der Waals surface area contributed by atoms with Gasteiger partial charge >= 0.3 is 5.97 Å². The Labute approximate surface area is 98.8 Å². The van der Waals surface area contributed by atoms with Crippen molar-refractivity contribution in [2.75, 3.05) is 7.11 Å². The maximum atomic E-state index is 11.5. The molecule has 0 aliphatic heterocycles. The first-order valence-corrected chi connectivity index (χ1v) is 4.95. The highest BCUT2D eigenvalue weighted by Crippen LogP contribution is 2.00. The highest BCUT2D eigenvalue weighted by molar-refractivity contribution is 5.85. The van der Waals surface area contributed by atoms with Crippen LogP contribution in [0.1, 0.15) is 12.1 Å². The number of amides is 1. The smallest absolute Gasteiger partial charge is 0.328 e. The number of hydrogen-bond acceptors (Lipinski definition) is 4. The zero-order valence-corrected chi connectivity index (χ0v) is 9.40. The molecule has 6 heteroatoms. The molecule has 90 valence electrons. The molecule has 0 unspecified atom stereocenters. The van der Waals surface area contributed by atoms with Crippen molar-refractivity contribution in [3.05, 3.63) is 18.2 Å². The van der Waals surface area contributed by atoms with Crippen LogP contribution < -0.4 is 5.32 Å². The first-order chi connectivity index (χ1) is 8.17. The minimum absolute atomic E-state index is 0.0729. The van der Waals surface area contributed by atoms with Crippen LogP contribution in [0.2, 0.25) is 0 Å². The van der Waals surface area contributed by atoms with Crippen molar-refractivity contribution in [1.29, 1.82) is 0 Å². The predicted octanol–water partition coefficient (Wildman–Crippen LogP) is -0.367. The minimum Gasteiger partial charge on any atom is -0.467 e. The fourth-order valence-electron chi connectivity index (χ4n) is 1.29. The lowest BCUT2D eigenvalue weighted by Crippen LogP contribution is -2.42. The molecule has 1 heterocycles. The van der Waals surface area contributed by atoms with E-state index in [4.69, 9.17) is 6.42 Å². The van der Waals surface area contributed by atoms with Gasteiger partial charge in [-0.1, -0.05) is 5.92 Å². The van der Waals surface area contributed by atoms with Crippen molar-refractivity contribution in [3.63, 3.8) is 0 Å². The molecule has 0 aromatic carbocycles. The van der Waals surface area contributed by atoms with Crippen molar-refractivity contribution in [1.82, 2.24) is 15.3 Å². The van der Waals surface area contributed by atoms with E-state index < -0.39 is 12.0 Å². The van der Waals surface area contributed by atoms with Crippen molar-refractivity contribution >= 4 is 11.9 Å². The van der Waals surface area contributed by atoms with Gasteiger partial charge in [0, 0.05) is 18.3 Å². The van der Waals surface area contributed by atoms with Crippen LogP contribution in [0.25, 0.3) is 0 Å². The Bertz CT molecular complexity index is 420. The average molecular weight is 235 g/mol. The summed E-state index contributed by atoms with van der Waals surface area (Å²) in [4.78, 5) is 29.4. The Kier molecular flexibility index (Phi) is 4.76. The Morgan fingerprint density at radius 3 is 3.00 bits per heavy atom. The highest BCUT2D eigenvalue weighted by Gasteiger charge is 2.21. The summed E-state index contributed by atoms with van der Waals surface area (Å²) in [5, 5.41) is 2.50. The second-order valence-corrected chi connectivity index (χ2v) is 3.31. The van der Waals surface area contributed by atoms with Gasteiger partial charge in [0.25, 0.3) is 0 Å². The fourth-order valence-corrected chi connectivity index (χ4v) is 1.29. The summed E-state index contributed by atoms with van der Waals surface area (Å²) in [6, 6.07) is -0.763. The summed E-state index contributed by atoms with van der Waals surface area (Å²) in [5.41, 5.74) is 0.724. The maximum absolute atomic E-state index is 11.5. The molecule has 0 spiro atoms. The van der Waals surface area contributed by atoms with E-state index in [2.05, 4.69) is 25.9 Å². The monoisotopic (exact) mass is 235 g/mol. The van der Waals surface area contributed by atoms with Gasteiger partial charge in [0.2, 0.25) is 5.91 Å². The van der Waals surface area contributed by atoms with E-state index in [1.54, 1.807) is 6.20 Å². The topological polar surface area (TPSA) is 84.1 Å². The zero-order valence-electron chi connectivity index (χ0n) is 9.40. The third-order valence-corrected chi connectivity index (χ3v) is 2.06. The first kappa shape index (κ1) is 12.8. The number of terminal acetylenes is 1. The molecular formula is C11H13N3O3. The molecule has 0 bridgehead atoms. The first-order valence-electron chi connectivity index (χ1n) is 4.95.